The molecule has 1 saturated heterocycles. The van der Waals surface area contributed by atoms with E-state index in [4.69, 9.17) is 16.7 Å². The summed E-state index contributed by atoms with van der Waals surface area (Å²) in [5.74, 6) is 0.398. The highest BCUT2D eigenvalue weighted by molar-refractivity contribution is 6.30. The number of aromatic nitrogens is 2. The van der Waals surface area contributed by atoms with Gasteiger partial charge in [0.1, 0.15) is 5.69 Å². The summed E-state index contributed by atoms with van der Waals surface area (Å²) in [4.78, 5) is 30.2. The van der Waals surface area contributed by atoms with Crippen molar-refractivity contribution >= 4 is 23.4 Å². The van der Waals surface area contributed by atoms with Gasteiger partial charge >= 0.3 is 0 Å². The van der Waals surface area contributed by atoms with Gasteiger partial charge in [0.15, 0.2) is 0 Å². The Hall–Kier alpha value is -3.12. The molecule has 34 heavy (non-hydrogen) atoms. The lowest BCUT2D eigenvalue weighted by atomic mass is 10.1. The van der Waals surface area contributed by atoms with Crippen molar-refractivity contribution in [1.29, 1.82) is 0 Å². The van der Waals surface area contributed by atoms with Crippen molar-refractivity contribution < 1.29 is 9.59 Å². The van der Waals surface area contributed by atoms with E-state index >= 15 is 0 Å². The molecule has 2 fully saturated rings. The molecule has 0 bridgehead atoms. The van der Waals surface area contributed by atoms with E-state index in [1.54, 1.807) is 0 Å². The molecule has 5 rings (SSSR count). The summed E-state index contributed by atoms with van der Waals surface area (Å²) in [7, 11) is 0. The molecule has 2 aromatic carbocycles. The minimum atomic E-state index is -0.0442. The lowest BCUT2D eigenvalue weighted by molar-refractivity contribution is -0.136. The molecule has 0 N–H and O–H groups in total. The fourth-order valence-electron chi connectivity index (χ4n) is 4.98. The topological polar surface area (TPSA) is 58.4 Å². The van der Waals surface area contributed by atoms with Crippen molar-refractivity contribution in [3.63, 3.8) is 0 Å². The van der Waals surface area contributed by atoms with Crippen molar-refractivity contribution in [2.24, 2.45) is 5.92 Å². The predicted octanol–water partition coefficient (Wildman–Crippen LogP) is 4.73. The SMILES string of the molecule is O=C(c1cn(Cc2ccccc2)nc1-c1ccc(Cl)cc1)N1CCN(C(=O)C2CCCC2)CC1. The molecule has 176 valence electrons. The van der Waals surface area contributed by atoms with Crippen molar-refractivity contribution in [2.75, 3.05) is 26.2 Å². The summed E-state index contributed by atoms with van der Waals surface area (Å²) in [6.07, 6.45) is 6.14. The molecule has 6 nitrogen and oxygen atoms in total. The van der Waals surface area contributed by atoms with E-state index in [-0.39, 0.29) is 17.7 Å². The summed E-state index contributed by atoms with van der Waals surface area (Å²) in [6.45, 7) is 2.85. The van der Waals surface area contributed by atoms with Crippen molar-refractivity contribution in [3.05, 3.63) is 76.9 Å². The number of carbonyl (C=O) groups excluding carboxylic acids is 2. The molecule has 7 heteroatoms. The minimum Gasteiger partial charge on any atom is -0.339 e. The molecule has 1 saturated carbocycles. The Morgan fingerprint density at radius 2 is 1.53 bits per heavy atom. The van der Waals surface area contributed by atoms with Crippen molar-refractivity contribution in [1.82, 2.24) is 19.6 Å². The maximum atomic E-state index is 13.6. The van der Waals surface area contributed by atoms with Crippen LogP contribution in [0.25, 0.3) is 11.3 Å². The predicted molar refractivity (Wildman–Crippen MR) is 133 cm³/mol. The molecular formula is C27H29ClN4O2. The van der Waals surface area contributed by atoms with E-state index in [9.17, 15) is 9.59 Å². The first-order valence-electron chi connectivity index (χ1n) is 12.0. The maximum Gasteiger partial charge on any atom is 0.257 e. The van der Waals surface area contributed by atoms with Gasteiger partial charge in [-0.05, 0) is 30.5 Å². The van der Waals surface area contributed by atoms with Crippen LogP contribution in [0.1, 0.15) is 41.6 Å². The lowest BCUT2D eigenvalue weighted by Gasteiger charge is -2.36. The molecule has 2 heterocycles. The first-order valence-corrected chi connectivity index (χ1v) is 12.4. The van der Waals surface area contributed by atoms with E-state index in [0.717, 1.165) is 36.8 Å². The largest absolute Gasteiger partial charge is 0.339 e. The lowest BCUT2D eigenvalue weighted by Crippen LogP contribution is -2.51. The van der Waals surface area contributed by atoms with Crippen LogP contribution in [0.5, 0.6) is 0 Å². The Morgan fingerprint density at radius 3 is 2.21 bits per heavy atom. The third-order valence-corrected chi connectivity index (χ3v) is 7.13. The quantitative estimate of drug-likeness (QED) is 0.535. The number of piperazine rings is 1. The first kappa shape index (κ1) is 22.7. The van der Waals surface area contributed by atoms with Gasteiger partial charge in [-0.1, -0.05) is 66.9 Å². The number of rotatable bonds is 5. The standard InChI is InChI=1S/C27H29ClN4O2/c28-23-12-10-21(11-13-23)25-24(19-32(29-25)18-20-6-2-1-3-7-20)27(34)31-16-14-30(15-17-31)26(33)22-8-4-5-9-22/h1-3,6-7,10-13,19,22H,4-5,8-9,14-18H2. The number of hydrogen-bond donors (Lipinski definition) is 0. The Labute approximate surface area is 205 Å². The number of benzene rings is 2. The number of amides is 2. The monoisotopic (exact) mass is 476 g/mol. The van der Waals surface area contributed by atoms with E-state index in [2.05, 4.69) is 0 Å². The van der Waals surface area contributed by atoms with Crippen LogP contribution < -0.4 is 0 Å². The van der Waals surface area contributed by atoms with Gasteiger partial charge in [0.05, 0.1) is 12.1 Å². The molecular weight excluding hydrogens is 448 g/mol. The zero-order valence-corrected chi connectivity index (χ0v) is 20.0. The summed E-state index contributed by atoms with van der Waals surface area (Å²) in [5, 5.41) is 5.42. The van der Waals surface area contributed by atoms with Crippen LogP contribution in [0.15, 0.2) is 60.8 Å². The Morgan fingerprint density at radius 1 is 0.882 bits per heavy atom. The second-order valence-electron chi connectivity index (χ2n) is 9.18. The second-order valence-corrected chi connectivity index (χ2v) is 9.62. The van der Waals surface area contributed by atoms with Gasteiger partial charge in [0, 0.05) is 48.9 Å². The van der Waals surface area contributed by atoms with Gasteiger partial charge in [-0.25, -0.2) is 0 Å². The summed E-state index contributed by atoms with van der Waals surface area (Å²) < 4.78 is 1.83. The van der Waals surface area contributed by atoms with Gasteiger partial charge < -0.3 is 9.80 Å². The van der Waals surface area contributed by atoms with E-state index < -0.39 is 0 Å². The zero-order valence-electron chi connectivity index (χ0n) is 19.2. The zero-order chi connectivity index (χ0) is 23.5. The minimum absolute atomic E-state index is 0.0442. The van der Waals surface area contributed by atoms with E-state index in [1.165, 1.54) is 0 Å². The van der Waals surface area contributed by atoms with Crippen LogP contribution in [0, 0.1) is 5.92 Å². The van der Waals surface area contributed by atoms with Gasteiger partial charge in [0.2, 0.25) is 5.91 Å². The summed E-state index contributed by atoms with van der Waals surface area (Å²) in [5.41, 5.74) is 3.20. The Balaban J connectivity index is 1.35. The normalized spacial score (nSPS) is 16.7. The fraction of sp³-hybridized carbons (Fsp3) is 0.370. The van der Waals surface area contributed by atoms with Crippen LogP contribution in [0.3, 0.4) is 0 Å². The van der Waals surface area contributed by atoms with Crippen LogP contribution in [0.2, 0.25) is 5.02 Å². The molecule has 1 aliphatic heterocycles. The number of nitrogens with zero attached hydrogens (tertiary/aromatic N) is 4. The molecule has 0 unspecified atom stereocenters. The third-order valence-electron chi connectivity index (χ3n) is 6.88. The van der Waals surface area contributed by atoms with E-state index in [0.29, 0.717) is 49.0 Å². The highest BCUT2D eigenvalue weighted by atomic mass is 35.5. The highest BCUT2D eigenvalue weighted by Gasteiger charge is 2.32. The average molecular weight is 477 g/mol. The van der Waals surface area contributed by atoms with Crippen LogP contribution in [0.4, 0.5) is 0 Å². The molecule has 1 aromatic heterocycles. The Kier molecular flexibility index (Phi) is 6.68. The number of hydrogen-bond acceptors (Lipinski definition) is 3. The maximum absolute atomic E-state index is 13.6. The first-order chi connectivity index (χ1) is 16.6. The number of halogens is 1. The van der Waals surface area contributed by atoms with Crippen LogP contribution >= 0.6 is 11.6 Å². The molecule has 0 spiro atoms. The van der Waals surface area contributed by atoms with Crippen LogP contribution in [-0.4, -0.2) is 57.6 Å². The average Bonchev–Trinajstić information content (AvgIpc) is 3.55. The number of carbonyl (C=O) groups is 2. The second kappa shape index (κ2) is 10.0. The van der Waals surface area contributed by atoms with Gasteiger partial charge in [-0.2, -0.15) is 5.10 Å². The van der Waals surface area contributed by atoms with Crippen LogP contribution in [-0.2, 0) is 11.3 Å². The van der Waals surface area contributed by atoms with Gasteiger partial charge in [0.25, 0.3) is 5.91 Å². The summed E-state index contributed by atoms with van der Waals surface area (Å²) in [6, 6.07) is 17.5. The van der Waals surface area contributed by atoms with Gasteiger partial charge in [-0.3, -0.25) is 14.3 Å². The third kappa shape index (κ3) is 4.87. The molecule has 2 aliphatic rings. The Bertz CT molecular complexity index is 1150. The molecule has 0 radical (unpaired) electrons. The molecule has 0 atom stereocenters. The highest BCUT2D eigenvalue weighted by Crippen LogP contribution is 2.28. The summed E-state index contributed by atoms with van der Waals surface area (Å²) >= 11 is 6.09. The fourth-order valence-corrected chi connectivity index (χ4v) is 5.11. The van der Waals surface area contributed by atoms with E-state index in [1.807, 2.05) is 75.3 Å². The van der Waals surface area contributed by atoms with Gasteiger partial charge in [-0.15, -0.1) is 0 Å². The molecule has 3 aromatic rings. The molecule has 2 amide bonds. The van der Waals surface area contributed by atoms with Crippen molar-refractivity contribution in [3.8, 4) is 11.3 Å². The molecule has 1 aliphatic carbocycles. The van der Waals surface area contributed by atoms with Crippen molar-refractivity contribution in [2.45, 2.75) is 32.2 Å². The smallest absolute Gasteiger partial charge is 0.257 e.